The highest BCUT2D eigenvalue weighted by molar-refractivity contribution is 5.83. The van der Waals surface area contributed by atoms with Crippen LogP contribution in [0.25, 0.3) is 0 Å². The molecule has 0 bridgehead atoms. The molecular weight excluding hydrogens is 290 g/mol. The molecule has 0 atom stereocenters. The molecule has 120 valence electrons. The summed E-state index contributed by atoms with van der Waals surface area (Å²) < 4.78 is 33.0. The van der Waals surface area contributed by atoms with E-state index in [4.69, 9.17) is 10.5 Å². The van der Waals surface area contributed by atoms with Gasteiger partial charge in [-0.05, 0) is 37.0 Å². The second-order valence-electron chi connectivity index (χ2n) is 6.06. The summed E-state index contributed by atoms with van der Waals surface area (Å²) in [4.78, 5) is 14.5. The van der Waals surface area contributed by atoms with Crippen LogP contribution in [0.2, 0.25) is 0 Å². The van der Waals surface area contributed by atoms with Gasteiger partial charge in [0.25, 0.3) is 0 Å². The van der Waals surface area contributed by atoms with E-state index in [9.17, 15) is 13.6 Å². The quantitative estimate of drug-likeness (QED) is 0.903. The maximum atomic E-state index is 14.0. The lowest BCUT2D eigenvalue weighted by atomic mass is 9.78. The van der Waals surface area contributed by atoms with E-state index >= 15 is 0 Å². The number of ether oxygens (including phenoxy) is 1. The molecule has 0 aliphatic carbocycles. The molecular formula is C16H20F2N2O2. The van der Waals surface area contributed by atoms with Gasteiger partial charge in [-0.15, -0.1) is 0 Å². The number of amides is 1. The highest BCUT2D eigenvalue weighted by atomic mass is 19.1. The largest absolute Gasteiger partial charge is 0.381 e. The molecule has 6 heteroatoms. The zero-order chi connectivity index (χ0) is 15.7. The third-order valence-electron chi connectivity index (χ3n) is 4.88. The maximum absolute atomic E-state index is 14.0. The van der Waals surface area contributed by atoms with Crippen molar-refractivity contribution in [1.29, 1.82) is 0 Å². The summed E-state index contributed by atoms with van der Waals surface area (Å²) in [7, 11) is 0. The molecule has 1 aromatic rings. The third kappa shape index (κ3) is 2.50. The minimum absolute atomic E-state index is 0.0624. The maximum Gasteiger partial charge on any atom is 0.230 e. The van der Waals surface area contributed by atoms with Crippen LogP contribution in [0.15, 0.2) is 12.1 Å². The number of hydrogen-bond donors (Lipinski definition) is 1. The Morgan fingerprint density at radius 1 is 1.23 bits per heavy atom. The van der Waals surface area contributed by atoms with Gasteiger partial charge in [0.15, 0.2) is 0 Å². The Morgan fingerprint density at radius 3 is 2.50 bits per heavy atom. The lowest BCUT2D eigenvalue weighted by Crippen LogP contribution is -2.52. The summed E-state index contributed by atoms with van der Waals surface area (Å²) in [5.74, 6) is -0.918. The molecule has 2 aliphatic rings. The van der Waals surface area contributed by atoms with Crippen molar-refractivity contribution in [3.8, 4) is 0 Å². The lowest BCUT2D eigenvalue weighted by Gasteiger charge is -2.40. The second kappa shape index (κ2) is 5.93. The lowest BCUT2D eigenvalue weighted by molar-refractivity contribution is -0.148. The van der Waals surface area contributed by atoms with Crippen molar-refractivity contribution in [2.75, 3.05) is 26.3 Å². The summed E-state index contributed by atoms with van der Waals surface area (Å²) in [5.41, 5.74) is 5.91. The number of fused-ring (bicyclic) bond motifs is 1. The van der Waals surface area contributed by atoms with Crippen LogP contribution in [-0.4, -0.2) is 37.1 Å². The second-order valence-corrected chi connectivity index (χ2v) is 6.06. The average Bonchev–Trinajstić information content (AvgIpc) is 2.58. The predicted octanol–water partition coefficient (Wildman–Crippen LogP) is 1.60. The number of benzene rings is 1. The van der Waals surface area contributed by atoms with Crippen LogP contribution in [0.1, 0.15) is 24.0 Å². The molecule has 1 saturated heterocycles. The van der Waals surface area contributed by atoms with Crippen LogP contribution >= 0.6 is 0 Å². The molecule has 2 heterocycles. The number of carbonyl (C=O) groups is 1. The van der Waals surface area contributed by atoms with E-state index in [1.165, 1.54) is 0 Å². The van der Waals surface area contributed by atoms with Crippen molar-refractivity contribution in [3.05, 3.63) is 34.9 Å². The van der Waals surface area contributed by atoms with Crippen molar-refractivity contribution >= 4 is 5.91 Å². The van der Waals surface area contributed by atoms with Crippen LogP contribution in [0.4, 0.5) is 8.78 Å². The van der Waals surface area contributed by atoms with Crippen molar-refractivity contribution < 1.29 is 18.3 Å². The number of hydrogen-bond acceptors (Lipinski definition) is 3. The highest BCUT2D eigenvalue weighted by Gasteiger charge is 2.42. The minimum atomic E-state index is -0.625. The first-order valence-electron chi connectivity index (χ1n) is 7.60. The molecule has 3 rings (SSSR count). The Balaban J connectivity index is 1.85. The molecule has 4 nitrogen and oxygen atoms in total. The van der Waals surface area contributed by atoms with Crippen molar-refractivity contribution in [2.45, 2.75) is 25.8 Å². The standard InChI is InChI=1S/C16H20F2N2O2/c17-13-1-2-14(18)12-9-20(6-3-11(12)13)15(21)16(10-19)4-7-22-8-5-16/h1-2H,3-10,19H2. The van der Waals surface area contributed by atoms with Gasteiger partial charge in [0.05, 0.1) is 5.41 Å². The molecule has 0 radical (unpaired) electrons. The average molecular weight is 310 g/mol. The molecule has 2 aliphatic heterocycles. The molecule has 0 spiro atoms. The molecule has 1 fully saturated rings. The van der Waals surface area contributed by atoms with Gasteiger partial charge in [0.2, 0.25) is 5.91 Å². The first-order chi connectivity index (χ1) is 10.6. The van der Waals surface area contributed by atoms with Gasteiger partial charge in [-0.2, -0.15) is 0 Å². The van der Waals surface area contributed by atoms with Gasteiger partial charge >= 0.3 is 0 Å². The number of rotatable bonds is 2. The first kappa shape index (κ1) is 15.4. The van der Waals surface area contributed by atoms with Crippen LogP contribution < -0.4 is 5.73 Å². The van der Waals surface area contributed by atoms with Crippen LogP contribution in [0, 0.1) is 17.0 Å². The molecule has 0 unspecified atom stereocenters. The smallest absolute Gasteiger partial charge is 0.230 e. The monoisotopic (exact) mass is 310 g/mol. The summed E-state index contributed by atoms with van der Waals surface area (Å²) in [6.07, 6.45) is 1.50. The predicted molar refractivity (Wildman–Crippen MR) is 77.0 cm³/mol. The van der Waals surface area contributed by atoms with E-state index in [1.54, 1.807) is 4.90 Å². The zero-order valence-electron chi connectivity index (χ0n) is 12.4. The van der Waals surface area contributed by atoms with Gasteiger partial charge in [-0.25, -0.2) is 8.78 Å². The SMILES string of the molecule is NCC1(C(=O)N2CCc3c(F)ccc(F)c3C2)CCOCC1. The van der Waals surface area contributed by atoms with E-state index in [1.807, 2.05) is 0 Å². The number of nitrogens with zero attached hydrogens (tertiary/aromatic N) is 1. The molecule has 1 amide bonds. The third-order valence-corrected chi connectivity index (χ3v) is 4.88. The van der Waals surface area contributed by atoms with Gasteiger partial charge < -0.3 is 15.4 Å². The van der Waals surface area contributed by atoms with Gasteiger partial charge in [0, 0.05) is 38.4 Å². The van der Waals surface area contributed by atoms with E-state index in [-0.39, 0.29) is 19.0 Å². The first-order valence-corrected chi connectivity index (χ1v) is 7.60. The summed E-state index contributed by atoms with van der Waals surface area (Å²) >= 11 is 0. The van der Waals surface area contributed by atoms with Crippen LogP contribution in [0.5, 0.6) is 0 Å². The van der Waals surface area contributed by atoms with Crippen molar-refractivity contribution in [2.24, 2.45) is 11.1 Å². The molecule has 1 aromatic carbocycles. The normalized spacial score (nSPS) is 20.6. The molecule has 0 aromatic heterocycles. The van der Waals surface area contributed by atoms with Crippen LogP contribution in [-0.2, 0) is 22.5 Å². The Hall–Kier alpha value is -1.53. The number of carbonyl (C=O) groups excluding carboxylic acids is 1. The molecule has 0 saturated carbocycles. The zero-order valence-corrected chi connectivity index (χ0v) is 12.4. The number of nitrogens with two attached hydrogens (primary N) is 1. The topological polar surface area (TPSA) is 55.6 Å². The van der Waals surface area contributed by atoms with Gasteiger partial charge in [0.1, 0.15) is 11.6 Å². The fourth-order valence-electron chi connectivity index (χ4n) is 3.37. The Kier molecular flexibility index (Phi) is 4.14. The van der Waals surface area contributed by atoms with E-state index in [0.717, 1.165) is 12.1 Å². The van der Waals surface area contributed by atoms with Gasteiger partial charge in [-0.1, -0.05) is 0 Å². The Labute approximate surface area is 128 Å². The summed E-state index contributed by atoms with van der Waals surface area (Å²) in [6.45, 7) is 1.78. The molecule has 22 heavy (non-hydrogen) atoms. The fraction of sp³-hybridized carbons (Fsp3) is 0.562. The number of halogens is 2. The summed E-state index contributed by atoms with van der Waals surface area (Å²) in [5, 5.41) is 0. The van der Waals surface area contributed by atoms with Crippen LogP contribution in [0.3, 0.4) is 0 Å². The van der Waals surface area contributed by atoms with Gasteiger partial charge in [-0.3, -0.25) is 4.79 Å². The van der Waals surface area contributed by atoms with Crippen molar-refractivity contribution in [1.82, 2.24) is 4.90 Å². The summed E-state index contributed by atoms with van der Waals surface area (Å²) in [6, 6.07) is 2.26. The molecule has 2 N–H and O–H groups in total. The van der Waals surface area contributed by atoms with E-state index in [0.29, 0.717) is 50.1 Å². The minimum Gasteiger partial charge on any atom is -0.381 e. The van der Waals surface area contributed by atoms with E-state index < -0.39 is 17.0 Å². The Morgan fingerprint density at radius 2 is 1.86 bits per heavy atom. The van der Waals surface area contributed by atoms with Crippen molar-refractivity contribution in [3.63, 3.8) is 0 Å². The highest BCUT2D eigenvalue weighted by Crippen LogP contribution is 2.34. The Bertz CT molecular complexity index is 586. The van der Waals surface area contributed by atoms with E-state index in [2.05, 4.69) is 0 Å². The fourth-order valence-corrected chi connectivity index (χ4v) is 3.37.